The molecule has 0 aliphatic heterocycles. The molecule has 1 aliphatic rings. The second-order valence-electron chi connectivity index (χ2n) is 5.43. The van der Waals surface area contributed by atoms with Gasteiger partial charge in [-0.25, -0.2) is 0 Å². The second-order valence-corrected chi connectivity index (χ2v) is 5.43. The highest BCUT2D eigenvalue weighted by Gasteiger charge is 2.20. The fourth-order valence-electron chi connectivity index (χ4n) is 2.87. The number of benzene rings is 1. The second kappa shape index (κ2) is 5.63. The standard InChI is InChI=1S/C17H20N2O/c1-2-15-16-9-10-19-11-12(16)3-8-17(15)20-14-6-4-13(18)5-7-14/h2-3,8-11,13-14H,1,4-7,18H2/t13-,14+. The van der Waals surface area contributed by atoms with Crippen LogP contribution < -0.4 is 10.5 Å². The van der Waals surface area contributed by atoms with Crippen molar-refractivity contribution >= 4 is 16.8 Å². The van der Waals surface area contributed by atoms with Crippen LogP contribution in [-0.4, -0.2) is 17.1 Å². The van der Waals surface area contributed by atoms with Crippen LogP contribution in [0.25, 0.3) is 16.8 Å². The van der Waals surface area contributed by atoms with Crippen molar-refractivity contribution in [1.29, 1.82) is 0 Å². The number of pyridine rings is 1. The smallest absolute Gasteiger partial charge is 0.127 e. The van der Waals surface area contributed by atoms with Gasteiger partial charge in [-0.3, -0.25) is 4.98 Å². The van der Waals surface area contributed by atoms with Crippen molar-refractivity contribution in [3.8, 4) is 5.75 Å². The molecule has 1 heterocycles. The zero-order valence-electron chi connectivity index (χ0n) is 11.6. The minimum absolute atomic E-state index is 0.271. The molecule has 3 heteroatoms. The monoisotopic (exact) mass is 268 g/mol. The van der Waals surface area contributed by atoms with E-state index in [0.29, 0.717) is 6.04 Å². The van der Waals surface area contributed by atoms with E-state index in [4.69, 9.17) is 10.5 Å². The highest BCUT2D eigenvalue weighted by atomic mass is 16.5. The normalized spacial score (nSPS) is 22.6. The van der Waals surface area contributed by atoms with Crippen molar-refractivity contribution in [2.24, 2.45) is 5.73 Å². The summed E-state index contributed by atoms with van der Waals surface area (Å²) in [5, 5.41) is 2.25. The lowest BCUT2D eigenvalue weighted by molar-refractivity contribution is 0.147. The van der Waals surface area contributed by atoms with Crippen LogP contribution >= 0.6 is 0 Å². The zero-order chi connectivity index (χ0) is 13.9. The SMILES string of the molecule is C=Cc1c(O[C@H]2CC[C@@H](N)CC2)ccc2cnccc12. The van der Waals surface area contributed by atoms with Gasteiger partial charge in [-0.05, 0) is 49.3 Å². The molecule has 1 saturated carbocycles. The Morgan fingerprint density at radius 2 is 2.00 bits per heavy atom. The van der Waals surface area contributed by atoms with Crippen molar-refractivity contribution in [3.05, 3.63) is 42.7 Å². The molecule has 1 aromatic heterocycles. The minimum atomic E-state index is 0.271. The number of ether oxygens (including phenoxy) is 1. The Balaban J connectivity index is 1.89. The number of hydrogen-bond acceptors (Lipinski definition) is 3. The van der Waals surface area contributed by atoms with E-state index in [0.717, 1.165) is 47.8 Å². The third kappa shape index (κ3) is 2.54. The maximum Gasteiger partial charge on any atom is 0.127 e. The predicted octanol–water partition coefficient (Wildman–Crippen LogP) is 3.53. The number of nitrogens with zero attached hydrogens (tertiary/aromatic N) is 1. The van der Waals surface area contributed by atoms with Gasteiger partial charge < -0.3 is 10.5 Å². The Labute approximate surface area is 119 Å². The lowest BCUT2D eigenvalue weighted by atomic mass is 9.93. The molecule has 20 heavy (non-hydrogen) atoms. The number of aromatic nitrogens is 1. The molecule has 1 aromatic carbocycles. The molecule has 0 amide bonds. The quantitative estimate of drug-likeness (QED) is 0.926. The Bertz CT molecular complexity index is 615. The van der Waals surface area contributed by atoms with Crippen molar-refractivity contribution in [2.75, 3.05) is 0 Å². The van der Waals surface area contributed by atoms with Gasteiger partial charge in [0.2, 0.25) is 0 Å². The van der Waals surface area contributed by atoms with Crippen LogP contribution in [-0.2, 0) is 0 Å². The maximum atomic E-state index is 6.19. The molecule has 2 N–H and O–H groups in total. The summed E-state index contributed by atoms with van der Waals surface area (Å²) in [5.41, 5.74) is 7.00. The molecule has 1 aliphatic carbocycles. The number of fused-ring (bicyclic) bond motifs is 1. The summed E-state index contributed by atoms with van der Waals surface area (Å²) in [6, 6.07) is 6.43. The first kappa shape index (κ1) is 13.1. The molecule has 3 rings (SSSR count). The molecule has 3 nitrogen and oxygen atoms in total. The maximum absolute atomic E-state index is 6.19. The number of rotatable bonds is 3. The molecule has 0 atom stereocenters. The summed E-state index contributed by atoms with van der Waals surface area (Å²) in [6.07, 6.45) is 9.97. The molecular weight excluding hydrogens is 248 g/mol. The third-order valence-electron chi connectivity index (χ3n) is 4.04. The first-order chi connectivity index (χ1) is 9.78. The molecule has 0 unspecified atom stereocenters. The van der Waals surface area contributed by atoms with E-state index < -0.39 is 0 Å². The van der Waals surface area contributed by atoms with Gasteiger partial charge >= 0.3 is 0 Å². The predicted molar refractivity (Wildman–Crippen MR) is 82.7 cm³/mol. The van der Waals surface area contributed by atoms with Crippen LogP contribution in [0.4, 0.5) is 0 Å². The molecule has 0 saturated heterocycles. The van der Waals surface area contributed by atoms with Gasteiger partial charge in [-0.15, -0.1) is 0 Å². The third-order valence-corrected chi connectivity index (χ3v) is 4.04. The van der Waals surface area contributed by atoms with Gasteiger partial charge in [0.1, 0.15) is 5.75 Å². The average molecular weight is 268 g/mol. The van der Waals surface area contributed by atoms with Gasteiger partial charge in [0.15, 0.2) is 0 Å². The van der Waals surface area contributed by atoms with Crippen molar-refractivity contribution in [1.82, 2.24) is 4.98 Å². The molecule has 104 valence electrons. The molecule has 2 aromatic rings. The van der Waals surface area contributed by atoms with E-state index >= 15 is 0 Å². The van der Waals surface area contributed by atoms with Crippen molar-refractivity contribution in [3.63, 3.8) is 0 Å². The summed E-state index contributed by atoms with van der Waals surface area (Å²) in [7, 11) is 0. The zero-order valence-corrected chi connectivity index (χ0v) is 11.6. The van der Waals surface area contributed by atoms with E-state index in [-0.39, 0.29) is 6.10 Å². The minimum Gasteiger partial charge on any atom is -0.490 e. The van der Waals surface area contributed by atoms with E-state index in [9.17, 15) is 0 Å². The van der Waals surface area contributed by atoms with Gasteiger partial charge in [0.05, 0.1) is 6.10 Å². The van der Waals surface area contributed by atoms with Gasteiger partial charge in [0.25, 0.3) is 0 Å². The summed E-state index contributed by atoms with van der Waals surface area (Å²) in [5.74, 6) is 0.916. The number of nitrogens with two attached hydrogens (primary N) is 1. The summed E-state index contributed by atoms with van der Waals surface area (Å²) in [6.45, 7) is 3.93. The van der Waals surface area contributed by atoms with Gasteiger partial charge in [-0.2, -0.15) is 0 Å². The lowest BCUT2D eigenvalue weighted by Gasteiger charge is -2.27. The van der Waals surface area contributed by atoms with Crippen LogP contribution in [0.3, 0.4) is 0 Å². The topological polar surface area (TPSA) is 48.1 Å². The average Bonchev–Trinajstić information content (AvgIpc) is 2.49. The summed E-state index contributed by atoms with van der Waals surface area (Å²) >= 11 is 0. The van der Waals surface area contributed by atoms with Crippen LogP contribution in [0.5, 0.6) is 5.75 Å². The first-order valence-electron chi connectivity index (χ1n) is 7.19. The summed E-state index contributed by atoms with van der Waals surface area (Å²) < 4.78 is 6.19. The highest BCUT2D eigenvalue weighted by Crippen LogP contribution is 2.31. The Morgan fingerprint density at radius 3 is 2.75 bits per heavy atom. The fraction of sp³-hybridized carbons (Fsp3) is 0.353. The lowest BCUT2D eigenvalue weighted by Crippen LogP contribution is -2.31. The van der Waals surface area contributed by atoms with Crippen LogP contribution in [0.1, 0.15) is 31.2 Å². The summed E-state index contributed by atoms with van der Waals surface area (Å²) in [4.78, 5) is 4.15. The van der Waals surface area contributed by atoms with E-state index in [1.165, 1.54) is 0 Å². The molecule has 0 spiro atoms. The van der Waals surface area contributed by atoms with E-state index in [1.807, 2.05) is 24.4 Å². The van der Waals surface area contributed by atoms with Crippen LogP contribution in [0, 0.1) is 0 Å². The fourth-order valence-corrected chi connectivity index (χ4v) is 2.87. The molecular formula is C17H20N2O. The molecule has 0 radical (unpaired) electrons. The highest BCUT2D eigenvalue weighted by molar-refractivity contribution is 5.92. The Hall–Kier alpha value is -1.87. The van der Waals surface area contributed by atoms with E-state index in [2.05, 4.69) is 17.6 Å². The van der Waals surface area contributed by atoms with Crippen molar-refractivity contribution < 1.29 is 4.74 Å². The first-order valence-corrected chi connectivity index (χ1v) is 7.19. The van der Waals surface area contributed by atoms with Crippen LogP contribution in [0.15, 0.2) is 37.2 Å². The molecule has 1 fully saturated rings. The largest absolute Gasteiger partial charge is 0.490 e. The van der Waals surface area contributed by atoms with Gasteiger partial charge in [0, 0.05) is 29.4 Å². The van der Waals surface area contributed by atoms with E-state index in [1.54, 1.807) is 6.20 Å². The van der Waals surface area contributed by atoms with Crippen LogP contribution in [0.2, 0.25) is 0 Å². The van der Waals surface area contributed by atoms with Gasteiger partial charge in [-0.1, -0.05) is 12.7 Å². The van der Waals surface area contributed by atoms with Crippen molar-refractivity contribution in [2.45, 2.75) is 37.8 Å². The Kier molecular flexibility index (Phi) is 3.70. The molecule has 0 bridgehead atoms. The number of hydrogen-bond donors (Lipinski definition) is 1. The Morgan fingerprint density at radius 1 is 1.20 bits per heavy atom.